The Morgan fingerprint density at radius 2 is 2.36 bits per heavy atom. The lowest BCUT2D eigenvalue weighted by Gasteiger charge is -1.90. The van der Waals surface area contributed by atoms with Crippen LogP contribution in [0.1, 0.15) is 16.1 Å². The molecule has 14 heavy (non-hydrogen) atoms. The van der Waals surface area contributed by atoms with Gasteiger partial charge in [-0.15, -0.1) is 0 Å². The zero-order valence-electron chi connectivity index (χ0n) is 6.98. The second kappa shape index (κ2) is 2.85. The molecule has 1 heterocycles. The van der Waals surface area contributed by atoms with Crippen LogP contribution in [-0.2, 0) is 0 Å². The van der Waals surface area contributed by atoms with Crippen molar-refractivity contribution in [1.82, 2.24) is 10.2 Å². The summed E-state index contributed by atoms with van der Waals surface area (Å²) in [5.74, 6) is -1.11. The van der Waals surface area contributed by atoms with Gasteiger partial charge in [-0.25, -0.2) is 4.79 Å². The van der Waals surface area contributed by atoms with E-state index in [1.54, 1.807) is 12.1 Å². The number of carboxylic acids is 1. The summed E-state index contributed by atoms with van der Waals surface area (Å²) >= 11 is 0. The molecule has 1 aromatic heterocycles. The molecule has 5 nitrogen and oxygen atoms in total. The first-order valence-corrected chi connectivity index (χ1v) is 3.84. The monoisotopic (exact) mass is 187 g/mol. The average Bonchev–Trinajstić information content (AvgIpc) is 2.59. The third-order valence-electron chi connectivity index (χ3n) is 1.89. The molecule has 0 amide bonds. The largest absolute Gasteiger partial charge is 0.476 e. The van der Waals surface area contributed by atoms with Crippen LogP contribution in [0.15, 0.2) is 18.2 Å². The fourth-order valence-electron chi connectivity index (χ4n) is 1.25. The predicted molar refractivity (Wildman–Crippen MR) is 47.8 cm³/mol. The Balaban J connectivity index is 2.77. The maximum Gasteiger partial charge on any atom is 0.357 e. The molecule has 2 aromatic rings. The Labute approximate surface area is 78.6 Å². The highest BCUT2D eigenvalue weighted by Gasteiger charge is 2.12. The van der Waals surface area contributed by atoms with Crippen molar-refractivity contribution in [2.45, 2.75) is 0 Å². The van der Waals surface area contributed by atoms with Crippen LogP contribution < -0.4 is 0 Å². The van der Waals surface area contributed by atoms with Crippen LogP contribution in [0, 0.1) is 11.3 Å². The number of carbonyl (C=O) groups is 1. The van der Waals surface area contributed by atoms with Gasteiger partial charge in [0.05, 0.1) is 17.1 Å². The molecule has 0 saturated heterocycles. The van der Waals surface area contributed by atoms with Gasteiger partial charge in [-0.3, -0.25) is 5.10 Å². The van der Waals surface area contributed by atoms with Gasteiger partial charge in [0.1, 0.15) is 0 Å². The zero-order valence-corrected chi connectivity index (χ0v) is 6.98. The average molecular weight is 187 g/mol. The van der Waals surface area contributed by atoms with E-state index in [4.69, 9.17) is 10.4 Å². The van der Waals surface area contributed by atoms with E-state index in [-0.39, 0.29) is 5.69 Å². The number of aromatic amines is 1. The molecule has 2 N–H and O–H groups in total. The summed E-state index contributed by atoms with van der Waals surface area (Å²) in [5, 5.41) is 24.1. The van der Waals surface area contributed by atoms with Crippen LogP contribution in [0.2, 0.25) is 0 Å². The van der Waals surface area contributed by atoms with Crippen molar-refractivity contribution < 1.29 is 9.90 Å². The van der Waals surface area contributed by atoms with Crippen molar-refractivity contribution >= 4 is 16.9 Å². The maximum atomic E-state index is 10.7. The van der Waals surface area contributed by atoms with Crippen molar-refractivity contribution in [3.8, 4) is 6.07 Å². The number of nitrogens with one attached hydrogen (secondary N) is 1. The lowest BCUT2D eigenvalue weighted by atomic mass is 10.1. The molecule has 0 radical (unpaired) electrons. The number of aromatic nitrogens is 2. The Morgan fingerprint density at radius 3 is 3.00 bits per heavy atom. The molecule has 68 valence electrons. The normalized spacial score (nSPS) is 9.93. The number of hydrogen-bond acceptors (Lipinski definition) is 3. The fraction of sp³-hybridized carbons (Fsp3) is 0. The molecule has 0 unspecified atom stereocenters. The zero-order chi connectivity index (χ0) is 10.1. The summed E-state index contributed by atoms with van der Waals surface area (Å²) in [5.41, 5.74) is 0.972. The van der Waals surface area contributed by atoms with Crippen molar-refractivity contribution in [3.05, 3.63) is 29.5 Å². The molecular weight excluding hydrogens is 182 g/mol. The van der Waals surface area contributed by atoms with E-state index in [0.29, 0.717) is 16.5 Å². The van der Waals surface area contributed by atoms with Crippen LogP contribution in [0.4, 0.5) is 0 Å². The van der Waals surface area contributed by atoms with E-state index in [1.807, 2.05) is 6.07 Å². The number of aromatic carboxylic acids is 1. The first kappa shape index (κ1) is 8.26. The molecule has 0 saturated carbocycles. The summed E-state index contributed by atoms with van der Waals surface area (Å²) in [4.78, 5) is 10.7. The molecule has 0 fully saturated rings. The van der Waals surface area contributed by atoms with Crippen LogP contribution in [0.3, 0.4) is 0 Å². The topological polar surface area (TPSA) is 89.8 Å². The minimum absolute atomic E-state index is 0.0582. The van der Waals surface area contributed by atoms with E-state index in [2.05, 4.69) is 10.2 Å². The van der Waals surface area contributed by atoms with E-state index in [9.17, 15) is 4.79 Å². The molecule has 0 spiro atoms. The molecule has 0 aliphatic carbocycles. The molecule has 0 atom stereocenters. The van der Waals surface area contributed by atoms with Gasteiger partial charge < -0.3 is 5.11 Å². The Hall–Kier alpha value is -2.35. The standard InChI is InChI=1S/C9H5N3O2/c10-4-5-1-2-7-6(3-5)8(9(13)14)12-11-7/h1-3H,(H,11,12)(H,13,14). The van der Waals surface area contributed by atoms with Crippen LogP contribution in [0.5, 0.6) is 0 Å². The Morgan fingerprint density at radius 1 is 1.57 bits per heavy atom. The highest BCUT2D eigenvalue weighted by Crippen LogP contribution is 2.17. The Kier molecular flexibility index (Phi) is 1.68. The summed E-state index contributed by atoms with van der Waals surface area (Å²) < 4.78 is 0. The van der Waals surface area contributed by atoms with Crippen molar-refractivity contribution in [2.75, 3.05) is 0 Å². The Bertz CT molecular complexity index is 551. The summed E-state index contributed by atoms with van der Waals surface area (Å²) in [7, 11) is 0. The predicted octanol–water partition coefficient (Wildman–Crippen LogP) is 1.13. The van der Waals surface area contributed by atoms with Gasteiger partial charge in [0.2, 0.25) is 0 Å². The highest BCUT2D eigenvalue weighted by atomic mass is 16.4. The fourth-order valence-corrected chi connectivity index (χ4v) is 1.25. The van der Waals surface area contributed by atoms with E-state index in [0.717, 1.165) is 0 Å². The lowest BCUT2D eigenvalue weighted by Crippen LogP contribution is -1.96. The van der Waals surface area contributed by atoms with Gasteiger partial charge in [0.25, 0.3) is 0 Å². The number of carboxylic acid groups (broad SMARTS) is 1. The molecular formula is C9H5N3O2. The molecule has 0 aliphatic rings. The summed E-state index contributed by atoms with van der Waals surface area (Å²) in [6.07, 6.45) is 0. The van der Waals surface area contributed by atoms with Gasteiger partial charge in [-0.2, -0.15) is 10.4 Å². The number of nitrogens with zero attached hydrogens (tertiary/aromatic N) is 2. The second-order valence-electron chi connectivity index (χ2n) is 2.75. The van der Waals surface area contributed by atoms with E-state index in [1.165, 1.54) is 6.07 Å². The van der Waals surface area contributed by atoms with Gasteiger partial charge in [-0.1, -0.05) is 0 Å². The van der Waals surface area contributed by atoms with Crippen LogP contribution in [0.25, 0.3) is 10.9 Å². The number of fused-ring (bicyclic) bond motifs is 1. The number of benzene rings is 1. The quantitative estimate of drug-likeness (QED) is 0.700. The number of nitriles is 1. The van der Waals surface area contributed by atoms with Crippen molar-refractivity contribution in [1.29, 1.82) is 5.26 Å². The van der Waals surface area contributed by atoms with E-state index < -0.39 is 5.97 Å². The molecule has 5 heteroatoms. The van der Waals surface area contributed by atoms with Crippen LogP contribution in [-0.4, -0.2) is 21.3 Å². The molecule has 2 rings (SSSR count). The summed E-state index contributed by atoms with van der Waals surface area (Å²) in [6.45, 7) is 0. The number of H-pyrrole nitrogens is 1. The molecule has 0 bridgehead atoms. The first-order chi connectivity index (χ1) is 6.72. The number of rotatable bonds is 1. The van der Waals surface area contributed by atoms with Gasteiger partial charge in [0, 0.05) is 5.39 Å². The third kappa shape index (κ3) is 1.10. The van der Waals surface area contributed by atoms with Crippen LogP contribution >= 0.6 is 0 Å². The highest BCUT2D eigenvalue weighted by molar-refractivity contribution is 6.01. The third-order valence-corrected chi connectivity index (χ3v) is 1.89. The van der Waals surface area contributed by atoms with Gasteiger partial charge >= 0.3 is 5.97 Å². The smallest absolute Gasteiger partial charge is 0.357 e. The minimum atomic E-state index is -1.11. The molecule has 1 aromatic carbocycles. The first-order valence-electron chi connectivity index (χ1n) is 3.84. The molecule has 0 aliphatic heterocycles. The second-order valence-corrected chi connectivity index (χ2v) is 2.75. The van der Waals surface area contributed by atoms with Gasteiger partial charge in [-0.05, 0) is 18.2 Å². The minimum Gasteiger partial charge on any atom is -0.476 e. The maximum absolute atomic E-state index is 10.7. The number of hydrogen-bond donors (Lipinski definition) is 2. The van der Waals surface area contributed by atoms with Crippen molar-refractivity contribution in [3.63, 3.8) is 0 Å². The SMILES string of the molecule is N#Cc1ccc2[nH]nc(C(=O)O)c2c1. The summed E-state index contributed by atoms with van der Waals surface area (Å²) in [6, 6.07) is 6.68. The van der Waals surface area contributed by atoms with E-state index >= 15 is 0 Å². The lowest BCUT2D eigenvalue weighted by molar-refractivity contribution is 0.0692. The van der Waals surface area contributed by atoms with Crippen molar-refractivity contribution in [2.24, 2.45) is 0 Å². The van der Waals surface area contributed by atoms with Gasteiger partial charge in [0.15, 0.2) is 5.69 Å².